The van der Waals surface area contributed by atoms with Crippen LogP contribution in [0.5, 0.6) is 11.5 Å². The molecule has 0 radical (unpaired) electrons. The molecule has 0 unspecified atom stereocenters. The molecule has 0 N–H and O–H groups in total. The third kappa shape index (κ3) is 3.42. The standard InChI is InChI=1S/C13H8Cl2N2O4S/c1-20-12-4-8(6-16)2-3-11(12)21-22(18,19)9-5-10(14)13(15)17-7-9/h2-5,7H,1H3. The van der Waals surface area contributed by atoms with E-state index in [1.165, 1.54) is 25.3 Å². The van der Waals surface area contributed by atoms with E-state index in [1.807, 2.05) is 6.07 Å². The Morgan fingerprint density at radius 2 is 1.95 bits per heavy atom. The van der Waals surface area contributed by atoms with Gasteiger partial charge in [0.05, 0.1) is 30.0 Å². The summed E-state index contributed by atoms with van der Waals surface area (Å²) in [7, 11) is -2.84. The van der Waals surface area contributed by atoms with E-state index in [-0.39, 0.29) is 26.6 Å². The molecule has 0 aliphatic rings. The Morgan fingerprint density at radius 1 is 1.23 bits per heavy atom. The summed E-state index contributed by atoms with van der Waals surface area (Å²) in [6.07, 6.45) is 1.03. The summed E-state index contributed by atoms with van der Waals surface area (Å²) in [5.41, 5.74) is 0.304. The van der Waals surface area contributed by atoms with Gasteiger partial charge in [0, 0.05) is 6.07 Å². The average Bonchev–Trinajstić information content (AvgIpc) is 2.50. The van der Waals surface area contributed by atoms with E-state index in [0.717, 1.165) is 12.3 Å². The van der Waals surface area contributed by atoms with Gasteiger partial charge in [-0.15, -0.1) is 0 Å². The highest BCUT2D eigenvalue weighted by molar-refractivity contribution is 7.87. The van der Waals surface area contributed by atoms with Crippen LogP contribution in [0.4, 0.5) is 0 Å². The summed E-state index contributed by atoms with van der Waals surface area (Å²) < 4.78 is 34.4. The van der Waals surface area contributed by atoms with Gasteiger partial charge < -0.3 is 8.92 Å². The number of rotatable bonds is 4. The molecule has 6 nitrogen and oxygen atoms in total. The maximum Gasteiger partial charge on any atom is 0.340 e. The zero-order valence-corrected chi connectivity index (χ0v) is 13.4. The molecule has 114 valence electrons. The third-order valence-corrected chi connectivity index (χ3v) is 4.44. The van der Waals surface area contributed by atoms with Crippen molar-refractivity contribution in [3.63, 3.8) is 0 Å². The van der Waals surface area contributed by atoms with Gasteiger partial charge in [-0.1, -0.05) is 23.2 Å². The average molecular weight is 359 g/mol. The van der Waals surface area contributed by atoms with Crippen molar-refractivity contribution in [3.05, 3.63) is 46.2 Å². The number of benzene rings is 1. The minimum absolute atomic E-state index is 0.0156. The highest BCUT2D eigenvalue weighted by Crippen LogP contribution is 2.31. The fourth-order valence-corrected chi connectivity index (χ4v) is 2.76. The maximum absolute atomic E-state index is 12.2. The Labute approximate surface area is 136 Å². The molecule has 1 aromatic carbocycles. The molecule has 0 atom stereocenters. The van der Waals surface area contributed by atoms with Crippen LogP contribution in [0.1, 0.15) is 5.56 Å². The lowest BCUT2D eigenvalue weighted by molar-refractivity contribution is 0.390. The summed E-state index contributed by atoms with van der Waals surface area (Å²) in [6.45, 7) is 0. The minimum Gasteiger partial charge on any atom is -0.493 e. The first-order valence-corrected chi connectivity index (χ1v) is 7.87. The molecule has 0 saturated heterocycles. The van der Waals surface area contributed by atoms with Crippen molar-refractivity contribution >= 4 is 33.3 Å². The van der Waals surface area contributed by atoms with E-state index in [4.69, 9.17) is 37.4 Å². The Hall–Kier alpha value is -2.01. The minimum atomic E-state index is -4.17. The first-order valence-electron chi connectivity index (χ1n) is 5.71. The molecule has 22 heavy (non-hydrogen) atoms. The van der Waals surface area contributed by atoms with Gasteiger partial charge in [0.1, 0.15) is 10.0 Å². The van der Waals surface area contributed by atoms with Crippen molar-refractivity contribution in [2.24, 2.45) is 0 Å². The van der Waals surface area contributed by atoms with Crippen LogP contribution in [0, 0.1) is 11.3 Å². The van der Waals surface area contributed by atoms with Crippen molar-refractivity contribution in [3.8, 4) is 17.6 Å². The van der Waals surface area contributed by atoms with Crippen LogP contribution < -0.4 is 8.92 Å². The molecular weight excluding hydrogens is 351 g/mol. The fraction of sp³-hybridized carbons (Fsp3) is 0.0769. The zero-order valence-electron chi connectivity index (χ0n) is 11.1. The number of methoxy groups -OCH3 is 1. The van der Waals surface area contributed by atoms with Crippen LogP contribution in [0.15, 0.2) is 35.4 Å². The second kappa shape index (κ2) is 6.40. The maximum atomic E-state index is 12.2. The Balaban J connectivity index is 2.40. The van der Waals surface area contributed by atoms with E-state index in [9.17, 15) is 8.42 Å². The van der Waals surface area contributed by atoms with Crippen LogP contribution in [0.3, 0.4) is 0 Å². The van der Waals surface area contributed by atoms with Crippen LogP contribution in [0.2, 0.25) is 10.2 Å². The second-order valence-corrected chi connectivity index (χ2v) is 6.27. The normalized spacial score (nSPS) is 10.8. The highest BCUT2D eigenvalue weighted by Gasteiger charge is 2.21. The largest absolute Gasteiger partial charge is 0.493 e. The molecule has 0 aliphatic heterocycles. The number of ether oxygens (including phenoxy) is 1. The van der Waals surface area contributed by atoms with Gasteiger partial charge in [-0.3, -0.25) is 0 Å². The number of pyridine rings is 1. The van der Waals surface area contributed by atoms with Gasteiger partial charge in [0.25, 0.3) is 0 Å². The lowest BCUT2D eigenvalue weighted by Crippen LogP contribution is -2.11. The molecule has 0 fully saturated rings. The lowest BCUT2D eigenvalue weighted by Gasteiger charge is -2.11. The van der Waals surface area contributed by atoms with E-state index in [0.29, 0.717) is 5.56 Å². The van der Waals surface area contributed by atoms with Crippen molar-refractivity contribution in [1.82, 2.24) is 4.98 Å². The summed E-state index contributed by atoms with van der Waals surface area (Å²) in [6, 6.07) is 7.12. The van der Waals surface area contributed by atoms with E-state index < -0.39 is 10.1 Å². The number of halogens is 2. The predicted molar refractivity (Wildman–Crippen MR) is 79.8 cm³/mol. The van der Waals surface area contributed by atoms with Crippen molar-refractivity contribution < 1.29 is 17.3 Å². The smallest absolute Gasteiger partial charge is 0.340 e. The Kier molecular flexibility index (Phi) is 4.76. The molecule has 0 amide bonds. The first kappa shape index (κ1) is 16.4. The highest BCUT2D eigenvalue weighted by atomic mass is 35.5. The first-order chi connectivity index (χ1) is 10.4. The molecule has 2 aromatic rings. The molecule has 0 spiro atoms. The molecule has 9 heteroatoms. The fourth-order valence-electron chi connectivity index (χ4n) is 1.51. The molecular formula is C13H8Cl2N2O4S. The SMILES string of the molecule is COc1cc(C#N)ccc1OS(=O)(=O)c1cnc(Cl)c(Cl)c1. The van der Waals surface area contributed by atoms with E-state index in [2.05, 4.69) is 4.98 Å². The summed E-state index contributed by atoms with van der Waals surface area (Å²) >= 11 is 11.4. The molecule has 0 aliphatic carbocycles. The summed E-state index contributed by atoms with van der Waals surface area (Å²) in [5, 5.41) is 8.78. The Morgan fingerprint density at radius 3 is 2.55 bits per heavy atom. The molecule has 1 aromatic heterocycles. The quantitative estimate of drug-likeness (QED) is 0.616. The lowest BCUT2D eigenvalue weighted by atomic mass is 10.2. The van der Waals surface area contributed by atoms with E-state index in [1.54, 1.807) is 0 Å². The number of nitriles is 1. The molecule has 0 saturated carbocycles. The van der Waals surface area contributed by atoms with Gasteiger partial charge in [0.2, 0.25) is 0 Å². The van der Waals surface area contributed by atoms with Crippen LogP contribution in [0.25, 0.3) is 0 Å². The molecule has 1 heterocycles. The van der Waals surface area contributed by atoms with Gasteiger partial charge >= 0.3 is 10.1 Å². The van der Waals surface area contributed by atoms with Crippen molar-refractivity contribution in [1.29, 1.82) is 5.26 Å². The Bertz CT molecular complexity index is 863. The van der Waals surface area contributed by atoms with Gasteiger partial charge in [-0.2, -0.15) is 13.7 Å². The van der Waals surface area contributed by atoms with E-state index >= 15 is 0 Å². The number of nitrogens with zero attached hydrogens (tertiary/aromatic N) is 2. The van der Waals surface area contributed by atoms with Crippen LogP contribution in [-0.2, 0) is 10.1 Å². The van der Waals surface area contributed by atoms with Crippen LogP contribution >= 0.6 is 23.2 Å². The molecule has 2 rings (SSSR count). The topological polar surface area (TPSA) is 89.3 Å². The number of hydrogen-bond acceptors (Lipinski definition) is 6. The third-order valence-electron chi connectivity index (χ3n) is 2.55. The number of hydrogen-bond donors (Lipinski definition) is 0. The van der Waals surface area contributed by atoms with Gasteiger partial charge in [0.15, 0.2) is 11.5 Å². The van der Waals surface area contributed by atoms with Gasteiger partial charge in [-0.25, -0.2) is 4.98 Å². The van der Waals surface area contributed by atoms with Gasteiger partial charge in [-0.05, 0) is 18.2 Å². The van der Waals surface area contributed by atoms with Crippen molar-refractivity contribution in [2.45, 2.75) is 4.90 Å². The van der Waals surface area contributed by atoms with Crippen LogP contribution in [-0.4, -0.2) is 20.5 Å². The predicted octanol–water partition coefficient (Wildman–Crippen LogP) is 3.04. The second-order valence-electron chi connectivity index (χ2n) is 3.96. The summed E-state index contributed by atoms with van der Waals surface area (Å²) in [5.74, 6) is 0.0446. The summed E-state index contributed by atoms with van der Waals surface area (Å²) in [4.78, 5) is 3.40. The zero-order chi connectivity index (χ0) is 16.3. The monoisotopic (exact) mass is 358 g/mol. The number of aromatic nitrogens is 1. The molecule has 0 bridgehead atoms. The van der Waals surface area contributed by atoms with Crippen molar-refractivity contribution in [2.75, 3.05) is 7.11 Å².